The fourth-order valence-corrected chi connectivity index (χ4v) is 1.91. The molecule has 1 heterocycles. The SMILES string of the molecule is COc1ccc(Cn2cnnc2CCN)cc1OC. The zero-order valence-electron chi connectivity index (χ0n) is 11.2. The molecule has 1 aromatic carbocycles. The van der Waals surface area contributed by atoms with E-state index in [-0.39, 0.29) is 0 Å². The van der Waals surface area contributed by atoms with E-state index in [2.05, 4.69) is 10.2 Å². The van der Waals surface area contributed by atoms with Crippen molar-refractivity contribution >= 4 is 0 Å². The Bertz CT molecular complexity index is 539. The standard InChI is InChI=1S/C13H18N4O2/c1-18-11-4-3-10(7-12(11)19-2)8-17-9-15-16-13(17)5-6-14/h3-4,7,9H,5-6,8,14H2,1-2H3. The average Bonchev–Trinajstić information content (AvgIpc) is 2.86. The van der Waals surface area contributed by atoms with Crippen LogP contribution in [0.15, 0.2) is 24.5 Å². The molecule has 1 aromatic heterocycles. The number of aromatic nitrogens is 3. The van der Waals surface area contributed by atoms with E-state index in [0.29, 0.717) is 25.3 Å². The lowest BCUT2D eigenvalue weighted by Crippen LogP contribution is -2.10. The molecular weight excluding hydrogens is 244 g/mol. The zero-order chi connectivity index (χ0) is 13.7. The van der Waals surface area contributed by atoms with Crippen molar-refractivity contribution in [2.24, 2.45) is 5.73 Å². The van der Waals surface area contributed by atoms with Crippen molar-refractivity contribution in [2.45, 2.75) is 13.0 Å². The normalized spacial score (nSPS) is 10.5. The van der Waals surface area contributed by atoms with Crippen molar-refractivity contribution in [3.63, 3.8) is 0 Å². The lowest BCUT2D eigenvalue weighted by molar-refractivity contribution is 0.354. The summed E-state index contributed by atoms with van der Waals surface area (Å²) in [6.45, 7) is 1.24. The van der Waals surface area contributed by atoms with Gasteiger partial charge in [0.25, 0.3) is 0 Å². The van der Waals surface area contributed by atoms with E-state index >= 15 is 0 Å². The summed E-state index contributed by atoms with van der Waals surface area (Å²) in [6, 6.07) is 5.83. The van der Waals surface area contributed by atoms with Crippen LogP contribution in [0.1, 0.15) is 11.4 Å². The molecule has 0 atom stereocenters. The first kappa shape index (κ1) is 13.4. The molecular formula is C13H18N4O2. The molecule has 0 fully saturated rings. The summed E-state index contributed by atoms with van der Waals surface area (Å²) in [6.07, 6.45) is 2.43. The number of nitrogens with zero attached hydrogens (tertiary/aromatic N) is 3. The van der Waals surface area contributed by atoms with Gasteiger partial charge in [0.1, 0.15) is 12.2 Å². The molecule has 19 heavy (non-hydrogen) atoms. The van der Waals surface area contributed by atoms with Crippen molar-refractivity contribution in [2.75, 3.05) is 20.8 Å². The predicted octanol–water partition coefficient (Wildman–Crippen LogP) is 0.845. The lowest BCUT2D eigenvalue weighted by atomic mass is 10.2. The number of hydrogen-bond donors (Lipinski definition) is 1. The highest BCUT2D eigenvalue weighted by molar-refractivity contribution is 5.42. The van der Waals surface area contributed by atoms with Crippen molar-refractivity contribution in [3.05, 3.63) is 35.9 Å². The summed E-state index contributed by atoms with van der Waals surface area (Å²) in [5, 5.41) is 7.97. The Morgan fingerprint density at radius 1 is 1.21 bits per heavy atom. The van der Waals surface area contributed by atoms with Crippen molar-refractivity contribution in [3.8, 4) is 11.5 Å². The molecule has 2 aromatic rings. The minimum absolute atomic E-state index is 0.560. The molecule has 6 heteroatoms. The summed E-state index contributed by atoms with van der Waals surface area (Å²) < 4.78 is 12.5. The van der Waals surface area contributed by atoms with E-state index in [0.717, 1.165) is 17.1 Å². The molecule has 0 bridgehead atoms. The monoisotopic (exact) mass is 262 g/mol. The minimum Gasteiger partial charge on any atom is -0.493 e. The number of rotatable bonds is 6. The number of benzene rings is 1. The lowest BCUT2D eigenvalue weighted by Gasteiger charge is -2.10. The third kappa shape index (κ3) is 3.03. The Morgan fingerprint density at radius 3 is 2.68 bits per heavy atom. The number of ether oxygens (including phenoxy) is 2. The maximum absolute atomic E-state index is 5.55. The molecule has 0 spiro atoms. The van der Waals surface area contributed by atoms with Gasteiger partial charge < -0.3 is 19.8 Å². The maximum atomic E-state index is 5.55. The summed E-state index contributed by atoms with van der Waals surface area (Å²) in [5.74, 6) is 2.32. The molecule has 0 aliphatic carbocycles. The van der Waals surface area contributed by atoms with Crippen LogP contribution in [0.4, 0.5) is 0 Å². The van der Waals surface area contributed by atoms with Crippen molar-refractivity contribution in [1.82, 2.24) is 14.8 Å². The third-order valence-corrected chi connectivity index (χ3v) is 2.86. The van der Waals surface area contributed by atoms with Gasteiger partial charge in [-0.05, 0) is 24.2 Å². The van der Waals surface area contributed by atoms with E-state index in [1.807, 2.05) is 22.8 Å². The highest BCUT2D eigenvalue weighted by Gasteiger charge is 2.07. The maximum Gasteiger partial charge on any atom is 0.161 e. The summed E-state index contributed by atoms with van der Waals surface area (Å²) in [4.78, 5) is 0. The summed E-state index contributed by atoms with van der Waals surface area (Å²) in [7, 11) is 3.25. The van der Waals surface area contributed by atoms with E-state index in [1.165, 1.54) is 0 Å². The summed E-state index contributed by atoms with van der Waals surface area (Å²) in [5.41, 5.74) is 6.64. The first-order chi connectivity index (χ1) is 9.28. The molecule has 0 aliphatic rings. The number of methoxy groups -OCH3 is 2. The molecule has 0 aliphatic heterocycles. The van der Waals surface area contributed by atoms with Crippen molar-refractivity contribution in [1.29, 1.82) is 0 Å². The van der Waals surface area contributed by atoms with E-state index in [9.17, 15) is 0 Å². The smallest absolute Gasteiger partial charge is 0.161 e. The van der Waals surface area contributed by atoms with Gasteiger partial charge in [0.2, 0.25) is 0 Å². The van der Waals surface area contributed by atoms with Crippen LogP contribution < -0.4 is 15.2 Å². The van der Waals surface area contributed by atoms with Crippen LogP contribution in [0.2, 0.25) is 0 Å². The second-order valence-corrected chi connectivity index (χ2v) is 4.10. The number of hydrogen-bond acceptors (Lipinski definition) is 5. The van der Waals surface area contributed by atoms with Gasteiger partial charge in [-0.3, -0.25) is 0 Å². The Labute approximate surface area is 112 Å². The molecule has 0 radical (unpaired) electrons. The quantitative estimate of drug-likeness (QED) is 0.835. The second kappa shape index (κ2) is 6.19. The van der Waals surface area contributed by atoms with Gasteiger partial charge in [0.05, 0.1) is 20.8 Å². The molecule has 2 rings (SSSR count). The second-order valence-electron chi connectivity index (χ2n) is 4.10. The van der Waals surface area contributed by atoms with E-state index in [1.54, 1.807) is 20.5 Å². The van der Waals surface area contributed by atoms with Gasteiger partial charge >= 0.3 is 0 Å². The van der Waals surface area contributed by atoms with Crippen LogP contribution in [0.3, 0.4) is 0 Å². The Balaban J connectivity index is 2.21. The molecule has 0 saturated heterocycles. The average molecular weight is 262 g/mol. The summed E-state index contributed by atoms with van der Waals surface area (Å²) >= 11 is 0. The molecule has 0 amide bonds. The van der Waals surface area contributed by atoms with Crippen LogP contribution in [0, 0.1) is 0 Å². The van der Waals surface area contributed by atoms with Crippen LogP contribution in [0.25, 0.3) is 0 Å². The third-order valence-electron chi connectivity index (χ3n) is 2.86. The highest BCUT2D eigenvalue weighted by Crippen LogP contribution is 2.27. The zero-order valence-corrected chi connectivity index (χ0v) is 11.2. The highest BCUT2D eigenvalue weighted by atomic mass is 16.5. The van der Waals surface area contributed by atoms with Crippen molar-refractivity contribution < 1.29 is 9.47 Å². The number of nitrogens with two attached hydrogens (primary N) is 1. The first-order valence-electron chi connectivity index (χ1n) is 6.06. The van der Waals surface area contributed by atoms with Gasteiger partial charge in [-0.1, -0.05) is 6.07 Å². The van der Waals surface area contributed by atoms with Gasteiger partial charge in [-0.15, -0.1) is 10.2 Å². The molecule has 2 N–H and O–H groups in total. The van der Waals surface area contributed by atoms with Gasteiger partial charge in [-0.2, -0.15) is 0 Å². The Kier molecular flexibility index (Phi) is 4.35. The topological polar surface area (TPSA) is 75.2 Å². The van der Waals surface area contributed by atoms with Crippen LogP contribution in [-0.4, -0.2) is 35.5 Å². The van der Waals surface area contributed by atoms with Gasteiger partial charge in [-0.25, -0.2) is 0 Å². The van der Waals surface area contributed by atoms with Crippen LogP contribution >= 0.6 is 0 Å². The van der Waals surface area contributed by atoms with Crippen LogP contribution in [-0.2, 0) is 13.0 Å². The minimum atomic E-state index is 0.560. The predicted molar refractivity (Wildman–Crippen MR) is 71.4 cm³/mol. The fraction of sp³-hybridized carbons (Fsp3) is 0.385. The molecule has 6 nitrogen and oxygen atoms in total. The van der Waals surface area contributed by atoms with E-state index in [4.69, 9.17) is 15.2 Å². The van der Waals surface area contributed by atoms with E-state index < -0.39 is 0 Å². The van der Waals surface area contributed by atoms with Gasteiger partial charge in [0, 0.05) is 6.42 Å². The van der Waals surface area contributed by atoms with Crippen LogP contribution in [0.5, 0.6) is 11.5 Å². The largest absolute Gasteiger partial charge is 0.493 e. The fourth-order valence-electron chi connectivity index (χ4n) is 1.91. The molecule has 0 saturated carbocycles. The Morgan fingerprint density at radius 2 is 2.00 bits per heavy atom. The first-order valence-corrected chi connectivity index (χ1v) is 6.06. The Hall–Kier alpha value is -2.08. The van der Waals surface area contributed by atoms with Gasteiger partial charge in [0.15, 0.2) is 11.5 Å². The molecule has 0 unspecified atom stereocenters. The molecule has 102 valence electrons.